The van der Waals surface area contributed by atoms with Crippen molar-refractivity contribution in [3.63, 3.8) is 0 Å². The molecule has 1 rings (SSSR count). The van der Waals surface area contributed by atoms with E-state index in [4.69, 9.17) is 4.74 Å². The van der Waals surface area contributed by atoms with Crippen molar-refractivity contribution >= 4 is 15.4 Å². The molecule has 0 saturated heterocycles. The molecule has 0 fully saturated rings. The molecule has 0 spiro atoms. The fourth-order valence-electron chi connectivity index (χ4n) is 1.54. The van der Waals surface area contributed by atoms with Crippen LogP contribution < -0.4 is 0 Å². The second kappa shape index (κ2) is 6.30. The molecule has 0 amide bonds. The highest BCUT2D eigenvalue weighted by molar-refractivity contribution is 7.92. The summed E-state index contributed by atoms with van der Waals surface area (Å²) >= 11 is 0. The Balaban J connectivity index is 3.19. The van der Waals surface area contributed by atoms with Crippen molar-refractivity contribution in [2.45, 2.75) is 19.4 Å². The molecule has 0 unspecified atom stereocenters. The van der Waals surface area contributed by atoms with Gasteiger partial charge in [-0.05, 0) is 25.0 Å². The molecule has 0 radical (unpaired) electrons. The monoisotopic (exact) mass is 308 g/mol. The van der Waals surface area contributed by atoms with Gasteiger partial charge in [0, 0.05) is 0 Å². The van der Waals surface area contributed by atoms with Crippen LogP contribution in [0.3, 0.4) is 0 Å². The lowest BCUT2D eigenvalue weighted by Crippen LogP contribution is -2.27. The van der Waals surface area contributed by atoms with Crippen LogP contribution in [0.1, 0.15) is 19.4 Å². The normalized spacial score (nSPS) is 13.8. The Labute approximate surface area is 116 Å². The standard InChI is InChI=1S/C13H15F3O3S/c1-3-19-12(9-20(17,18)13(14,15)16)10(2)11-7-5-4-6-8-11/h4-8H,3,9H2,1-2H3/b12-10-. The van der Waals surface area contributed by atoms with Crippen LogP contribution >= 0.6 is 0 Å². The van der Waals surface area contributed by atoms with Gasteiger partial charge in [0.2, 0.25) is 0 Å². The van der Waals surface area contributed by atoms with Gasteiger partial charge in [-0.25, -0.2) is 8.42 Å². The molecule has 1 aromatic rings. The van der Waals surface area contributed by atoms with Crippen LogP contribution in [-0.2, 0) is 14.6 Å². The van der Waals surface area contributed by atoms with Gasteiger partial charge in [0.25, 0.3) is 9.84 Å². The number of benzene rings is 1. The highest BCUT2D eigenvalue weighted by Gasteiger charge is 2.46. The third kappa shape index (κ3) is 4.00. The Morgan fingerprint density at radius 1 is 1.20 bits per heavy atom. The molecule has 0 aliphatic heterocycles. The van der Waals surface area contributed by atoms with Gasteiger partial charge in [0.05, 0.1) is 6.61 Å². The second-order valence-corrected chi connectivity index (χ2v) is 6.03. The number of sulfone groups is 1. The van der Waals surface area contributed by atoms with E-state index in [0.29, 0.717) is 11.1 Å². The molecule has 7 heteroatoms. The Morgan fingerprint density at radius 2 is 1.75 bits per heavy atom. The summed E-state index contributed by atoms with van der Waals surface area (Å²) in [5.74, 6) is -1.37. The predicted molar refractivity (Wildman–Crippen MR) is 70.5 cm³/mol. The molecule has 0 atom stereocenters. The van der Waals surface area contributed by atoms with Gasteiger partial charge < -0.3 is 4.74 Å². The van der Waals surface area contributed by atoms with Crippen molar-refractivity contribution in [3.05, 3.63) is 41.7 Å². The molecule has 0 saturated carbocycles. The van der Waals surface area contributed by atoms with E-state index in [1.165, 1.54) is 6.92 Å². The van der Waals surface area contributed by atoms with Crippen LogP contribution in [0.5, 0.6) is 0 Å². The van der Waals surface area contributed by atoms with Gasteiger partial charge in [-0.3, -0.25) is 0 Å². The van der Waals surface area contributed by atoms with Gasteiger partial charge in [-0.15, -0.1) is 0 Å². The largest absolute Gasteiger partial charge is 0.497 e. The predicted octanol–water partition coefficient (Wildman–Crippen LogP) is 3.39. The minimum absolute atomic E-state index is 0.0902. The number of hydrogen-bond acceptors (Lipinski definition) is 3. The molecular weight excluding hydrogens is 293 g/mol. The molecule has 112 valence electrons. The molecule has 0 aromatic heterocycles. The summed E-state index contributed by atoms with van der Waals surface area (Å²) in [6.45, 7) is 3.21. The van der Waals surface area contributed by atoms with Crippen molar-refractivity contribution < 1.29 is 26.3 Å². The van der Waals surface area contributed by atoms with Crippen LogP contribution in [0, 0.1) is 0 Å². The third-order valence-corrected chi connectivity index (χ3v) is 3.96. The Bertz CT molecular complexity index is 575. The first-order chi connectivity index (χ1) is 9.19. The first-order valence-corrected chi connectivity index (χ1v) is 7.51. The molecule has 0 bridgehead atoms. The lowest BCUT2D eigenvalue weighted by Gasteiger charge is -2.15. The summed E-state index contributed by atoms with van der Waals surface area (Å²) in [5, 5.41) is 0. The molecule has 0 aliphatic rings. The molecule has 0 heterocycles. The van der Waals surface area contributed by atoms with Crippen molar-refractivity contribution in [1.82, 2.24) is 0 Å². The molecule has 3 nitrogen and oxygen atoms in total. The third-order valence-electron chi connectivity index (χ3n) is 2.62. The quantitative estimate of drug-likeness (QED) is 0.783. The fraction of sp³-hybridized carbons (Fsp3) is 0.385. The maximum absolute atomic E-state index is 12.4. The highest BCUT2D eigenvalue weighted by Crippen LogP contribution is 2.28. The zero-order valence-electron chi connectivity index (χ0n) is 11.1. The number of halogens is 3. The van der Waals surface area contributed by atoms with Crippen LogP contribution in [0.4, 0.5) is 13.2 Å². The van der Waals surface area contributed by atoms with E-state index < -0.39 is 21.1 Å². The fourth-order valence-corrected chi connectivity index (χ4v) is 2.34. The molecule has 20 heavy (non-hydrogen) atoms. The highest BCUT2D eigenvalue weighted by atomic mass is 32.2. The molecule has 0 aliphatic carbocycles. The minimum atomic E-state index is -5.29. The minimum Gasteiger partial charge on any atom is -0.497 e. The van der Waals surface area contributed by atoms with Gasteiger partial charge in [-0.1, -0.05) is 30.3 Å². The molecular formula is C13H15F3O3S. The molecule has 1 aromatic carbocycles. The van der Waals surface area contributed by atoms with E-state index in [9.17, 15) is 21.6 Å². The van der Waals surface area contributed by atoms with E-state index in [1.54, 1.807) is 37.3 Å². The summed E-state index contributed by atoms with van der Waals surface area (Å²) in [4.78, 5) is 0. The first-order valence-electron chi connectivity index (χ1n) is 5.86. The van der Waals surface area contributed by atoms with Crippen LogP contribution in [-0.4, -0.2) is 26.3 Å². The van der Waals surface area contributed by atoms with E-state index in [0.717, 1.165) is 0 Å². The zero-order chi connectivity index (χ0) is 15.4. The first kappa shape index (κ1) is 16.6. The van der Waals surface area contributed by atoms with Crippen LogP contribution in [0.2, 0.25) is 0 Å². The van der Waals surface area contributed by atoms with E-state index in [-0.39, 0.29) is 12.4 Å². The average molecular weight is 308 g/mol. The number of allylic oxidation sites excluding steroid dienone is 1. The van der Waals surface area contributed by atoms with Crippen molar-refractivity contribution in [1.29, 1.82) is 0 Å². The number of alkyl halides is 3. The van der Waals surface area contributed by atoms with Gasteiger partial charge in [0.1, 0.15) is 11.5 Å². The average Bonchev–Trinajstić information content (AvgIpc) is 2.37. The van der Waals surface area contributed by atoms with Gasteiger partial charge in [0.15, 0.2) is 0 Å². The SMILES string of the molecule is CCO/C(CS(=O)(=O)C(F)(F)F)=C(/C)c1ccccc1. The number of rotatable bonds is 5. The number of hydrogen-bond donors (Lipinski definition) is 0. The Kier molecular flexibility index (Phi) is 5.21. The van der Waals surface area contributed by atoms with Crippen molar-refractivity contribution in [2.75, 3.05) is 12.4 Å². The van der Waals surface area contributed by atoms with Crippen molar-refractivity contribution in [2.24, 2.45) is 0 Å². The second-order valence-electron chi connectivity index (χ2n) is 4.05. The topological polar surface area (TPSA) is 43.4 Å². The summed E-state index contributed by atoms with van der Waals surface area (Å²) in [7, 11) is -5.26. The zero-order valence-corrected chi connectivity index (χ0v) is 11.9. The number of ether oxygens (including phenoxy) is 1. The lowest BCUT2D eigenvalue weighted by atomic mass is 10.1. The van der Waals surface area contributed by atoms with Crippen molar-refractivity contribution in [3.8, 4) is 0 Å². The summed E-state index contributed by atoms with van der Waals surface area (Å²) in [6.07, 6.45) is 0. The smallest absolute Gasteiger partial charge is 0.497 e. The summed E-state index contributed by atoms with van der Waals surface area (Å²) in [6, 6.07) is 8.52. The summed E-state index contributed by atoms with van der Waals surface area (Å²) in [5.41, 5.74) is -4.29. The summed E-state index contributed by atoms with van der Waals surface area (Å²) < 4.78 is 64.9. The maximum atomic E-state index is 12.4. The maximum Gasteiger partial charge on any atom is 0.497 e. The Morgan fingerprint density at radius 3 is 2.20 bits per heavy atom. The van der Waals surface area contributed by atoms with Crippen LogP contribution in [0.15, 0.2) is 36.1 Å². The van der Waals surface area contributed by atoms with E-state index in [2.05, 4.69) is 0 Å². The van der Waals surface area contributed by atoms with Gasteiger partial charge in [-0.2, -0.15) is 13.2 Å². The Hall–Kier alpha value is -1.50. The van der Waals surface area contributed by atoms with E-state index in [1.807, 2.05) is 0 Å². The van der Waals surface area contributed by atoms with Crippen LogP contribution in [0.25, 0.3) is 5.57 Å². The molecule has 0 N–H and O–H groups in total. The van der Waals surface area contributed by atoms with E-state index >= 15 is 0 Å². The van der Waals surface area contributed by atoms with Gasteiger partial charge >= 0.3 is 5.51 Å². The lowest BCUT2D eigenvalue weighted by molar-refractivity contribution is -0.0436.